The molecule has 0 aliphatic carbocycles. The van der Waals surface area contributed by atoms with E-state index in [4.69, 9.17) is 4.99 Å². The van der Waals surface area contributed by atoms with Gasteiger partial charge in [-0.2, -0.15) is 0 Å². The minimum Gasteiger partial charge on any atom is -0.356 e. The van der Waals surface area contributed by atoms with Crippen molar-refractivity contribution in [2.75, 3.05) is 26.2 Å². The molecule has 160 valence electrons. The van der Waals surface area contributed by atoms with Crippen molar-refractivity contribution >= 4 is 11.6 Å². The smallest absolute Gasteiger partial charge is 0.269 e. The number of aromatic nitrogens is 1. The van der Waals surface area contributed by atoms with Crippen molar-refractivity contribution in [3.05, 3.63) is 70.0 Å². The Balaban J connectivity index is 1.59. The van der Waals surface area contributed by atoms with Crippen molar-refractivity contribution in [1.82, 2.24) is 20.5 Å². The van der Waals surface area contributed by atoms with Crippen LogP contribution >= 0.6 is 0 Å². The molecule has 2 N–H and O–H groups in total. The number of nitrogens with one attached hydrogen (secondary N) is 2. The molecule has 0 radical (unpaired) electrons. The van der Waals surface area contributed by atoms with Crippen molar-refractivity contribution < 1.29 is 4.92 Å². The summed E-state index contributed by atoms with van der Waals surface area (Å²) in [5, 5.41) is 17.7. The van der Waals surface area contributed by atoms with Crippen LogP contribution in [0.4, 0.5) is 5.69 Å². The molecule has 1 aliphatic rings. The van der Waals surface area contributed by atoms with Crippen LogP contribution in [0, 0.1) is 10.1 Å². The molecule has 3 rings (SSSR count). The number of hydrogen-bond acceptors (Lipinski definition) is 5. The maximum absolute atomic E-state index is 10.8. The molecular weight excluding hydrogens is 380 g/mol. The molecule has 1 aliphatic heterocycles. The third-order valence-electron chi connectivity index (χ3n) is 5.38. The Morgan fingerprint density at radius 2 is 2.10 bits per heavy atom. The third kappa shape index (κ3) is 6.52. The van der Waals surface area contributed by atoms with Gasteiger partial charge in [-0.15, -0.1) is 0 Å². The molecule has 8 nitrogen and oxygen atoms in total. The van der Waals surface area contributed by atoms with E-state index < -0.39 is 0 Å². The van der Waals surface area contributed by atoms with Crippen molar-refractivity contribution in [1.29, 1.82) is 0 Å². The molecule has 0 bridgehead atoms. The maximum atomic E-state index is 10.8. The summed E-state index contributed by atoms with van der Waals surface area (Å²) in [6.45, 7) is 6.46. The number of likely N-dealkylation sites (tertiary alicyclic amines) is 1. The summed E-state index contributed by atoms with van der Waals surface area (Å²) in [7, 11) is 0. The number of hydrogen-bond donors (Lipinski definition) is 2. The Morgan fingerprint density at radius 3 is 2.80 bits per heavy atom. The highest BCUT2D eigenvalue weighted by Gasteiger charge is 2.22. The van der Waals surface area contributed by atoms with Crippen LogP contribution in [0.3, 0.4) is 0 Å². The van der Waals surface area contributed by atoms with Crippen LogP contribution in [-0.4, -0.2) is 53.0 Å². The molecule has 0 spiro atoms. The zero-order chi connectivity index (χ0) is 21.2. The lowest BCUT2D eigenvalue weighted by Crippen LogP contribution is -2.45. The predicted molar refractivity (Wildman–Crippen MR) is 118 cm³/mol. The summed E-state index contributed by atoms with van der Waals surface area (Å²) in [6, 6.07) is 13.0. The molecule has 1 aromatic heterocycles. The highest BCUT2D eigenvalue weighted by atomic mass is 16.6. The van der Waals surface area contributed by atoms with Crippen LogP contribution < -0.4 is 10.6 Å². The summed E-state index contributed by atoms with van der Waals surface area (Å²) in [4.78, 5) is 22.0. The van der Waals surface area contributed by atoms with E-state index in [1.165, 1.54) is 25.0 Å². The molecule has 0 amide bonds. The van der Waals surface area contributed by atoms with Crippen molar-refractivity contribution in [3.63, 3.8) is 0 Å². The quantitative estimate of drug-likeness (QED) is 0.286. The summed E-state index contributed by atoms with van der Waals surface area (Å²) < 4.78 is 0. The zero-order valence-corrected chi connectivity index (χ0v) is 17.5. The normalized spacial score (nSPS) is 17.1. The summed E-state index contributed by atoms with van der Waals surface area (Å²) >= 11 is 0. The number of nitro benzene ring substituents is 1. The Morgan fingerprint density at radius 1 is 1.27 bits per heavy atom. The van der Waals surface area contributed by atoms with Crippen LogP contribution in [-0.2, 0) is 13.0 Å². The number of guanidine groups is 1. The second-order valence-electron chi connectivity index (χ2n) is 7.39. The number of nitrogens with zero attached hydrogens (tertiary/aromatic N) is 4. The lowest BCUT2D eigenvalue weighted by Gasteiger charge is -2.24. The van der Waals surface area contributed by atoms with Crippen molar-refractivity contribution in [2.45, 2.75) is 38.8 Å². The predicted octanol–water partition coefficient (Wildman–Crippen LogP) is 2.75. The number of rotatable bonds is 9. The van der Waals surface area contributed by atoms with Crippen LogP contribution in [0.2, 0.25) is 0 Å². The van der Waals surface area contributed by atoms with Gasteiger partial charge >= 0.3 is 0 Å². The number of likely N-dealkylation sites (N-methyl/N-ethyl adjacent to an activating group) is 1. The minimum absolute atomic E-state index is 0.0930. The molecule has 2 aromatic rings. The van der Waals surface area contributed by atoms with Crippen LogP contribution in [0.25, 0.3) is 0 Å². The molecule has 1 aromatic carbocycles. The van der Waals surface area contributed by atoms with E-state index >= 15 is 0 Å². The molecular formula is C22H30N6O2. The lowest BCUT2D eigenvalue weighted by molar-refractivity contribution is -0.384. The van der Waals surface area contributed by atoms with Gasteiger partial charge in [-0.3, -0.25) is 20.0 Å². The first kappa shape index (κ1) is 21.7. The number of aliphatic imine (C=N–C) groups is 1. The van der Waals surface area contributed by atoms with Crippen LogP contribution in [0.15, 0.2) is 53.7 Å². The molecule has 8 heteroatoms. The van der Waals surface area contributed by atoms with Crippen LogP contribution in [0.1, 0.15) is 31.0 Å². The van der Waals surface area contributed by atoms with Gasteiger partial charge in [-0.1, -0.05) is 25.1 Å². The summed E-state index contributed by atoms with van der Waals surface area (Å²) in [5.41, 5.74) is 2.06. The van der Waals surface area contributed by atoms with E-state index in [2.05, 4.69) is 27.4 Å². The Labute approximate surface area is 177 Å². The molecule has 0 saturated carbocycles. The first-order chi connectivity index (χ1) is 14.7. The van der Waals surface area contributed by atoms with Gasteiger partial charge in [0, 0.05) is 49.6 Å². The fourth-order valence-corrected chi connectivity index (χ4v) is 3.68. The van der Waals surface area contributed by atoms with Crippen molar-refractivity contribution in [3.8, 4) is 0 Å². The van der Waals surface area contributed by atoms with E-state index in [-0.39, 0.29) is 10.6 Å². The van der Waals surface area contributed by atoms with E-state index in [1.807, 2.05) is 18.2 Å². The van der Waals surface area contributed by atoms with Gasteiger partial charge in [-0.25, -0.2) is 4.99 Å². The highest BCUT2D eigenvalue weighted by molar-refractivity contribution is 5.79. The van der Waals surface area contributed by atoms with E-state index in [1.54, 1.807) is 18.3 Å². The fourth-order valence-electron chi connectivity index (χ4n) is 3.68. The van der Waals surface area contributed by atoms with E-state index in [0.717, 1.165) is 49.8 Å². The summed E-state index contributed by atoms with van der Waals surface area (Å²) in [5.74, 6) is 0.757. The Kier molecular flexibility index (Phi) is 8.14. The summed E-state index contributed by atoms with van der Waals surface area (Å²) in [6.07, 6.45) is 5.05. The number of nitro groups is 1. The third-order valence-corrected chi connectivity index (χ3v) is 5.38. The van der Waals surface area contributed by atoms with Gasteiger partial charge in [-0.05, 0) is 43.6 Å². The largest absolute Gasteiger partial charge is 0.356 e. The van der Waals surface area contributed by atoms with Crippen LogP contribution in [0.5, 0.6) is 0 Å². The molecule has 1 atom stereocenters. The topological polar surface area (TPSA) is 95.7 Å². The lowest BCUT2D eigenvalue weighted by atomic mass is 10.2. The first-order valence-corrected chi connectivity index (χ1v) is 10.5. The Bertz CT molecular complexity index is 825. The van der Waals surface area contributed by atoms with Gasteiger partial charge in [0.15, 0.2) is 5.96 Å². The molecule has 1 fully saturated rings. The monoisotopic (exact) mass is 410 g/mol. The maximum Gasteiger partial charge on any atom is 0.269 e. The highest BCUT2D eigenvalue weighted by Crippen LogP contribution is 2.15. The van der Waals surface area contributed by atoms with Gasteiger partial charge in [0.05, 0.1) is 11.5 Å². The average Bonchev–Trinajstić information content (AvgIpc) is 3.24. The van der Waals surface area contributed by atoms with Crippen molar-refractivity contribution in [2.24, 2.45) is 4.99 Å². The van der Waals surface area contributed by atoms with E-state index in [0.29, 0.717) is 12.6 Å². The number of benzene rings is 1. The number of pyridine rings is 1. The van der Waals surface area contributed by atoms with Gasteiger partial charge < -0.3 is 10.6 Å². The zero-order valence-electron chi connectivity index (χ0n) is 17.5. The molecule has 2 heterocycles. The van der Waals surface area contributed by atoms with Gasteiger partial charge in [0.2, 0.25) is 0 Å². The first-order valence-electron chi connectivity index (χ1n) is 10.5. The van der Waals surface area contributed by atoms with Gasteiger partial charge in [0.1, 0.15) is 0 Å². The van der Waals surface area contributed by atoms with E-state index in [9.17, 15) is 10.1 Å². The van der Waals surface area contributed by atoms with Gasteiger partial charge in [0.25, 0.3) is 5.69 Å². The minimum atomic E-state index is -0.389. The average molecular weight is 411 g/mol. The standard InChI is InChI=1S/C22H30N6O2/c1-2-27-15-5-7-21(27)17-26-22(24-14-12-19-6-3-4-13-23-19)25-16-18-8-10-20(11-9-18)28(29)30/h3-4,6,8-11,13,21H,2,5,7,12,14-17H2,1H3,(H2,24,25,26). The number of non-ortho nitro benzene ring substituents is 1. The second kappa shape index (κ2) is 11.3. The second-order valence-corrected chi connectivity index (χ2v) is 7.39. The molecule has 1 saturated heterocycles. The molecule has 30 heavy (non-hydrogen) atoms. The SMILES string of the molecule is CCN1CCCC1CNC(=NCc1ccc([N+](=O)[O-])cc1)NCCc1ccccn1. The Hall–Kier alpha value is -3.00. The molecule has 1 unspecified atom stereocenters. The fraction of sp³-hybridized carbons (Fsp3) is 0.455.